The number of hydrogen-bond donors (Lipinski definition) is 2. The van der Waals surface area contributed by atoms with E-state index >= 15 is 0 Å². The summed E-state index contributed by atoms with van der Waals surface area (Å²) in [6, 6.07) is 3.55. The number of aromatic nitrogens is 3. The zero-order valence-corrected chi connectivity index (χ0v) is 12.1. The summed E-state index contributed by atoms with van der Waals surface area (Å²) in [4.78, 5) is 18.1. The van der Waals surface area contributed by atoms with Crippen molar-refractivity contribution in [3.8, 4) is 11.1 Å². The molecular weight excluding hydrogens is 268 g/mol. The molecule has 21 heavy (non-hydrogen) atoms. The van der Waals surface area contributed by atoms with Crippen LogP contribution >= 0.6 is 0 Å². The van der Waals surface area contributed by atoms with Crippen molar-refractivity contribution in [2.45, 2.75) is 19.4 Å². The van der Waals surface area contributed by atoms with Crippen LogP contribution in [0, 0.1) is 5.92 Å². The first-order valence-electron chi connectivity index (χ1n) is 6.96. The quantitative estimate of drug-likeness (QED) is 0.891. The van der Waals surface area contributed by atoms with E-state index in [9.17, 15) is 9.90 Å². The van der Waals surface area contributed by atoms with Crippen molar-refractivity contribution in [3.05, 3.63) is 36.4 Å². The van der Waals surface area contributed by atoms with E-state index in [4.69, 9.17) is 0 Å². The lowest BCUT2D eigenvalue weighted by atomic mass is 9.83. The molecule has 1 aliphatic rings. The van der Waals surface area contributed by atoms with Gasteiger partial charge in [-0.25, -0.2) is 0 Å². The predicted molar refractivity (Wildman–Crippen MR) is 77.5 cm³/mol. The third kappa shape index (κ3) is 2.42. The Labute approximate surface area is 122 Å². The van der Waals surface area contributed by atoms with Gasteiger partial charge in [0.05, 0.1) is 19.3 Å². The van der Waals surface area contributed by atoms with Crippen LogP contribution in [0.1, 0.15) is 24.3 Å². The Kier molecular flexibility index (Phi) is 3.25. The lowest BCUT2D eigenvalue weighted by molar-refractivity contribution is -0.111. The van der Waals surface area contributed by atoms with Crippen molar-refractivity contribution >= 4 is 5.91 Å². The number of pyridine rings is 1. The van der Waals surface area contributed by atoms with Gasteiger partial charge in [-0.3, -0.25) is 14.9 Å². The number of hydrogen-bond acceptors (Lipinski definition) is 4. The molecule has 110 valence electrons. The molecule has 0 unspecified atom stereocenters. The van der Waals surface area contributed by atoms with Crippen LogP contribution in [0.3, 0.4) is 0 Å². The molecule has 3 heterocycles. The molecule has 0 saturated carbocycles. The second-order valence-corrected chi connectivity index (χ2v) is 5.84. The van der Waals surface area contributed by atoms with E-state index in [0.717, 1.165) is 11.1 Å². The minimum absolute atomic E-state index is 0.137. The van der Waals surface area contributed by atoms with E-state index in [1.165, 1.54) is 0 Å². The predicted octanol–water partition coefficient (Wildman–Crippen LogP) is 1.31. The third-order valence-electron chi connectivity index (χ3n) is 4.11. The number of nitrogens with zero attached hydrogens (tertiary/aromatic N) is 3. The summed E-state index contributed by atoms with van der Waals surface area (Å²) in [5.74, 6) is -0.00274. The van der Waals surface area contributed by atoms with E-state index < -0.39 is 5.60 Å². The van der Waals surface area contributed by atoms with Crippen LogP contribution in [0.25, 0.3) is 11.1 Å². The number of carbonyl (C=O) groups excluding carboxylic acids is 1. The number of H-pyrrole nitrogens is 1. The van der Waals surface area contributed by atoms with Gasteiger partial charge < -0.3 is 10.0 Å². The molecule has 0 aromatic carbocycles. The Morgan fingerprint density at radius 1 is 1.33 bits per heavy atom. The topological polar surface area (TPSA) is 82.1 Å². The number of nitrogens with one attached hydrogen (secondary N) is 1. The molecule has 0 atom stereocenters. The van der Waals surface area contributed by atoms with Crippen molar-refractivity contribution in [3.63, 3.8) is 0 Å². The summed E-state index contributed by atoms with van der Waals surface area (Å²) in [5.41, 5.74) is 1.47. The van der Waals surface area contributed by atoms with Crippen LogP contribution in [-0.2, 0) is 0 Å². The molecule has 0 aliphatic carbocycles. The zero-order chi connectivity index (χ0) is 15.0. The van der Waals surface area contributed by atoms with Gasteiger partial charge in [-0.1, -0.05) is 19.9 Å². The molecule has 3 rings (SSSR count). The summed E-state index contributed by atoms with van der Waals surface area (Å²) >= 11 is 0. The van der Waals surface area contributed by atoms with Gasteiger partial charge in [0.15, 0.2) is 0 Å². The fourth-order valence-corrected chi connectivity index (χ4v) is 2.39. The molecule has 2 aromatic heterocycles. The van der Waals surface area contributed by atoms with Gasteiger partial charge in [0.1, 0.15) is 11.3 Å². The van der Waals surface area contributed by atoms with Gasteiger partial charge in [-0.2, -0.15) is 5.10 Å². The van der Waals surface area contributed by atoms with Crippen LogP contribution in [-0.4, -0.2) is 49.8 Å². The highest BCUT2D eigenvalue weighted by atomic mass is 16.3. The number of likely N-dealkylation sites (tertiary alicyclic amines) is 1. The molecule has 6 heteroatoms. The molecule has 0 bridgehead atoms. The van der Waals surface area contributed by atoms with Crippen molar-refractivity contribution in [2.75, 3.05) is 13.1 Å². The van der Waals surface area contributed by atoms with Gasteiger partial charge in [-0.05, 0) is 12.0 Å². The second kappa shape index (κ2) is 4.96. The first-order chi connectivity index (χ1) is 9.99. The number of aliphatic hydroxyl groups is 1. The summed E-state index contributed by atoms with van der Waals surface area (Å²) < 4.78 is 0. The molecule has 0 radical (unpaired) electrons. The third-order valence-corrected chi connectivity index (χ3v) is 4.11. The first-order valence-corrected chi connectivity index (χ1v) is 6.96. The van der Waals surface area contributed by atoms with E-state index in [2.05, 4.69) is 15.2 Å². The molecular formula is C15H18N4O2. The van der Waals surface area contributed by atoms with Gasteiger partial charge >= 0.3 is 0 Å². The molecule has 1 aliphatic heterocycles. The van der Waals surface area contributed by atoms with Gasteiger partial charge in [0, 0.05) is 23.5 Å². The fourth-order valence-electron chi connectivity index (χ4n) is 2.39. The van der Waals surface area contributed by atoms with Crippen molar-refractivity contribution < 1.29 is 9.90 Å². The highest BCUT2D eigenvalue weighted by molar-refractivity contribution is 5.93. The number of aromatic amines is 1. The van der Waals surface area contributed by atoms with Crippen LogP contribution in [0.5, 0.6) is 0 Å². The summed E-state index contributed by atoms with van der Waals surface area (Å²) in [5, 5.41) is 16.8. The summed E-state index contributed by atoms with van der Waals surface area (Å²) in [6.07, 6.45) is 5.14. The molecule has 1 amide bonds. The number of carbonyl (C=O) groups is 1. The largest absolute Gasteiger partial charge is 0.386 e. The Morgan fingerprint density at radius 3 is 2.62 bits per heavy atom. The standard InChI is InChI=1S/C15H18N4O2/c1-10(2)15(21)8-19(9-15)14(20)13-4-3-11(5-16-13)12-6-17-18-7-12/h3-7,10,21H,8-9H2,1-2H3,(H,17,18). The van der Waals surface area contributed by atoms with Gasteiger partial charge in [-0.15, -0.1) is 0 Å². The van der Waals surface area contributed by atoms with Crippen molar-refractivity contribution in [1.82, 2.24) is 20.1 Å². The highest BCUT2D eigenvalue weighted by Crippen LogP contribution is 2.29. The number of rotatable bonds is 3. The van der Waals surface area contributed by atoms with Gasteiger partial charge in [0.25, 0.3) is 5.91 Å². The number of amides is 1. The average Bonchev–Trinajstić information content (AvgIpc) is 2.97. The first kappa shape index (κ1) is 13.8. The van der Waals surface area contributed by atoms with Crippen LogP contribution < -0.4 is 0 Å². The van der Waals surface area contributed by atoms with E-state index in [1.807, 2.05) is 19.9 Å². The monoisotopic (exact) mass is 286 g/mol. The Morgan fingerprint density at radius 2 is 2.10 bits per heavy atom. The minimum Gasteiger partial charge on any atom is -0.386 e. The maximum atomic E-state index is 12.3. The maximum absolute atomic E-state index is 12.3. The van der Waals surface area contributed by atoms with Crippen molar-refractivity contribution in [1.29, 1.82) is 0 Å². The SMILES string of the molecule is CC(C)C1(O)CN(C(=O)c2ccc(-c3cn[nH]c3)cn2)C1. The van der Waals surface area contributed by atoms with E-state index in [-0.39, 0.29) is 11.8 Å². The number of β-amino-alcohol motifs (C(OH)–C–C–N with tert-alkyl or cyclic N) is 1. The summed E-state index contributed by atoms with van der Waals surface area (Å²) in [7, 11) is 0. The molecule has 1 fully saturated rings. The Bertz CT molecular complexity index is 628. The second-order valence-electron chi connectivity index (χ2n) is 5.84. The molecule has 0 spiro atoms. The van der Waals surface area contributed by atoms with Crippen molar-refractivity contribution in [2.24, 2.45) is 5.92 Å². The average molecular weight is 286 g/mol. The van der Waals surface area contributed by atoms with E-state index in [0.29, 0.717) is 18.8 Å². The van der Waals surface area contributed by atoms with Crippen LogP contribution in [0.15, 0.2) is 30.7 Å². The molecule has 6 nitrogen and oxygen atoms in total. The van der Waals surface area contributed by atoms with Crippen LogP contribution in [0.2, 0.25) is 0 Å². The molecule has 1 saturated heterocycles. The molecule has 2 aromatic rings. The van der Waals surface area contributed by atoms with E-state index in [1.54, 1.807) is 29.6 Å². The van der Waals surface area contributed by atoms with Crippen LogP contribution in [0.4, 0.5) is 0 Å². The molecule has 2 N–H and O–H groups in total. The Balaban J connectivity index is 1.70. The zero-order valence-electron chi connectivity index (χ0n) is 12.1. The Hall–Kier alpha value is -2.21. The maximum Gasteiger partial charge on any atom is 0.272 e. The normalized spacial score (nSPS) is 16.9. The minimum atomic E-state index is -0.758. The smallest absolute Gasteiger partial charge is 0.272 e. The fraction of sp³-hybridized carbons (Fsp3) is 0.400. The lowest BCUT2D eigenvalue weighted by Gasteiger charge is -2.48. The summed E-state index contributed by atoms with van der Waals surface area (Å²) in [6.45, 7) is 4.66. The highest BCUT2D eigenvalue weighted by Gasteiger charge is 2.46. The van der Waals surface area contributed by atoms with Gasteiger partial charge in [0.2, 0.25) is 0 Å². The lowest BCUT2D eigenvalue weighted by Crippen LogP contribution is -2.66.